The number of H-pyrrole nitrogens is 1. The zero-order chi connectivity index (χ0) is 12.4. The highest BCUT2D eigenvalue weighted by molar-refractivity contribution is 5.70. The molecular formula is C12H15N3O2. The van der Waals surface area contributed by atoms with Gasteiger partial charge in [-0.25, -0.2) is 0 Å². The van der Waals surface area contributed by atoms with Crippen molar-refractivity contribution in [3.05, 3.63) is 29.8 Å². The third-order valence-electron chi connectivity index (χ3n) is 2.80. The predicted molar refractivity (Wildman–Crippen MR) is 63.7 cm³/mol. The number of nitrogens with zero attached hydrogens (tertiary/aromatic N) is 2. The molecule has 0 aliphatic rings. The van der Waals surface area contributed by atoms with Crippen molar-refractivity contribution in [1.29, 1.82) is 0 Å². The molecule has 0 bridgehead atoms. The number of hydrogen-bond donors (Lipinski definition) is 2. The lowest BCUT2D eigenvalue weighted by molar-refractivity contribution is -0.136. The van der Waals surface area contributed by atoms with Crippen LogP contribution in [0.15, 0.2) is 18.5 Å². The fourth-order valence-corrected chi connectivity index (χ4v) is 2.07. The molecule has 0 radical (unpaired) electrons. The van der Waals surface area contributed by atoms with Gasteiger partial charge in [-0.2, -0.15) is 5.10 Å². The molecule has 0 amide bonds. The molecule has 2 heterocycles. The summed E-state index contributed by atoms with van der Waals surface area (Å²) in [6.45, 7) is 1.94. The maximum Gasteiger partial charge on any atom is 0.303 e. The van der Waals surface area contributed by atoms with Gasteiger partial charge in [0.25, 0.3) is 0 Å². The van der Waals surface area contributed by atoms with Gasteiger partial charge in [0.1, 0.15) is 0 Å². The molecule has 0 aliphatic carbocycles. The van der Waals surface area contributed by atoms with E-state index in [0.29, 0.717) is 6.42 Å². The lowest BCUT2D eigenvalue weighted by Gasteiger charge is -2.03. The molecule has 0 atom stereocenters. The minimum absolute atomic E-state index is 0.121. The van der Waals surface area contributed by atoms with Gasteiger partial charge in [-0.1, -0.05) is 0 Å². The Kier molecular flexibility index (Phi) is 2.99. The number of aromatic nitrogens is 3. The first-order chi connectivity index (χ1) is 8.09. The van der Waals surface area contributed by atoms with Gasteiger partial charge in [0.15, 0.2) is 0 Å². The summed E-state index contributed by atoms with van der Waals surface area (Å²) in [5.74, 6) is -0.788. The molecule has 17 heavy (non-hydrogen) atoms. The van der Waals surface area contributed by atoms with Crippen LogP contribution in [0.1, 0.15) is 17.8 Å². The van der Waals surface area contributed by atoms with Gasteiger partial charge in [-0.05, 0) is 13.0 Å². The lowest BCUT2D eigenvalue weighted by Crippen LogP contribution is -2.03. The van der Waals surface area contributed by atoms with Crippen molar-refractivity contribution in [2.75, 3.05) is 0 Å². The van der Waals surface area contributed by atoms with Crippen molar-refractivity contribution in [1.82, 2.24) is 14.8 Å². The number of aliphatic carboxylic acids is 1. The Hall–Kier alpha value is -2.04. The van der Waals surface area contributed by atoms with Crippen LogP contribution < -0.4 is 0 Å². The maximum atomic E-state index is 10.7. The second-order valence-electron chi connectivity index (χ2n) is 4.02. The van der Waals surface area contributed by atoms with E-state index < -0.39 is 5.97 Å². The zero-order valence-electron chi connectivity index (χ0n) is 9.90. The van der Waals surface area contributed by atoms with Crippen LogP contribution in [0.25, 0.3) is 11.1 Å². The molecule has 2 N–H and O–H groups in total. The van der Waals surface area contributed by atoms with Crippen molar-refractivity contribution in [3.63, 3.8) is 0 Å². The quantitative estimate of drug-likeness (QED) is 0.845. The van der Waals surface area contributed by atoms with Gasteiger partial charge in [-0.3, -0.25) is 9.48 Å². The summed E-state index contributed by atoms with van der Waals surface area (Å²) in [7, 11) is 1.85. The average molecular weight is 233 g/mol. The first kappa shape index (κ1) is 11.4. The second-order valence-corrected chi connectivity index (χ2v) is 4.02. The zero-order valence-corrected chi connectivity index (χ0v) is 9.90. The van der Waals surface area contributed by atoms with Gasteiger partial charge in [0, 0.05) is 42.7 Å². The van der Waals surface area contributed by atoms with Crippen molar-refractivity contribution in [2.24, 2.45) is 7.05 Å². The van der Waals surface area contributed by atoms with E-state index in [1.54, 1.807) is 4.68 Å². The van der Waals surface area contributed by atoms with Crippen molar-refractivity contribution in [2.45, 2.75) is 19.8 Å². The number of aromatic amines is 1. The van der Waals surface area contributed by atoms with Crippen molar-refractivity contribution in [3.8, 4) is 11.1 Å². The van der Waals surface area contributed by atoms with E-state index in [4.69, 9.17) is 5.11 Å². The molecule has 2 rings (SSSR count). The summed E-state index contributed by atoms with van der Waals surface area (Å²) in [5, 5.41) is 13.1. The number of carboxylic acids is 1. The van der Waals surface area contributed by atoms with Gasteiger partial charge in [0.05, 0.1) is 12.1 Å². The summed E-state index contributed by atoms with van der Waals surface area (Å²) < 4.78 is 1.76. The number of hydrogen-bond acceptors (Lipinski definition) is 2. The van der Waals surface area contributed by atoms with Crippen LogP contribution in [0.3, 0.4) is 0 Å². The fourth-order valence-electron chi connectivity index (χ4n) is 2.07. The van der Waals surface area contributed by atoms with Crippen LogP contribution in [0.2, 0.25) is 0 Å². The van der Waals surface area contributed by atoms with E-state index in [9.17, 15) is 4.79 Å². The Bertz CT molecular complexity index is 526. The third kappa shape index (κ3) is 2.22. The number of aryl methyl sites for hydroxylation is 2. The molecule has 0 saturated heterocycles. The first-order valence-corrected chi connectivity index (χ1v) is 5.47. The summed E-state index contributed by atoms with van der Waals surface area (Å²) in [6.07, 6.45) is 4.36. The standard InChI is InChI=1S/C12H15N3O2/c1-8-12(9-5-6-13-7-9)10(15(2)14-8)3-4-11(16)17/h5-7,13H,3-4H2,1-2H3,(H,16,17). The number of carboxylic acid groups (broad SMARTS) is 1. The van der Waals surface area contributed by atoms with E-state index in [2.05, 4.69) is 10.1 Å². The molecule has 5 nitrogen and oxygen atoms in total. The second kappa shape index (κ2) is 4.45. The Morgan fingerprint density at radius 3 is 2.94 bits per heavy atom. The monoisotopic (exact) mass is 233 g/mol. The largest absolute Gasteiger partial charge is 0.481 e. The van der Waals surface area contributed by atoms with Crippen LogP contribution in [0, 0.1) is 6.92 Å². The SMILES string of the molecule is Cc1nn(C)c(CCC(=O)O)c1-c1cc[nH]c1. The lowest BCUT2D eigenvalue weighted by atomic mass is 10.0. The van der Waals surface area contributed by atoms with E-state index in [1.807, 2.05) is 32.4 Å². The molecule has 0 fully saturated rings. The molecule has 0 spiro atoms. The normalized spacial score (nSPS) is 10.7. The molecule has 5 heteroatoms. The molecule has 0 aliphatic heterocycles. The van der Waals surface area contributed by atoms with Crippen LogP contribution in [0.4, 0.5) is 0 Å². The Labute approximate surface area is 99.1 Å². The van der Waals surface area contributed by atoms with Crippen LogP contribution in [-0.4, -0.2) is 25.8 Å². The molecule has 0 saturated carbocycles. The summed E-state index contributed by atoms with van der Waals surface area (Å²) in [6, 6.07) is 1.97. The smallest absolute Gasteiger partial charge is 0.303 e. The van der Waals surface area contributed by atoms with E-state index >= 15 is 0 Å². The molecule has 2 aromatic heterocycles. The minimum atomic E-state index is -0.788. The Morgan fingerprint density at radius 1 is 1.59 bits per heavy atom. The van der Waals surface area contributed by atoms with Gasteiger partial charge in [-0.15, -0.1) is 0 Å². The first-order valence-electron chi connectivity index (χ1n) is 5.47. The highest BCUT2D eigenvalue weighted by atomic mass is 16.4. The Balaban J connectivity index is 2.40. The number of carbonyl (C=O) groups is 1. The molecule has 2 aromatic rings. The number of rotatable bonds is 4. The van der Waals surface area contributed by atoms with Crippen molar-refractivity contribution < 1.29 is 9.90 Å². The highest BCUT2D eigenvalue weighted by Gasteiger charge is 2.15. The topological polar surface area (TPSA) is 70.9 Å². The average Bonchev–Trinajstić information content (AvgIpc) is 2.83. The molecule has 0 unspecified atom stereocenters. The van der Waals surface area contributed by atoms with Crippen LogP contribution >= 0.6 is 0 Å². The van der Waals surface area contributed by atoms with Crippen LogP contribution in [-0.2, 0) is 18.3 Å². The van der Waals surface area contributed by atoms with E-state index in [-0.39, 0.29) is 6.42 Å². The summed E-state index contributed by atoms with van der Waals surface area (Å²) in [5.41, 5.74) is 3.97. The summed E-state index contributed by atoms with van der Waals surface area (Å²) >= 11 is 0. The molecule has 0 aromatic carbocycles. The molecule has 90 valence electrons. The highest BCUT2D eigenvalue weighted by Crippen LogP contribution is 2.27. The number of nitrogens with one attached hydrogen (secondary N) is 1. The van der Waals surface area contributed by atoms with E-state index in [1.165, 1.54) is 0 Å². The maximum absolute atomic E-state index is 10.7. The predicted octanol–water partition coefficient (Wildman–Crippen LogP) is 1.74. The summed E-state index contributed by atoms with van der Waals surface area (Å²) in [4.78, 5) is 13.7. The minimum Gasteiger partial charge on any atom is -0.481 e. The van der Waals surface area contributed by atoms with Gasteiger partial charge >= 0.3 is 5.97 Å². The van der Waals surface area contributed by atoms with Gasteiger partial charge in [0.2, 0.25) is 0 Å². The fraction of sp³-hybridized carbons (Fsp3) is 0.333. The van der Waals surface area contributed by atoms with Crippen molar-refractivity contribution >= 4 is 5.97 Å². The van der Waals surface area contributed by atoms with Crippen LogP contribution in [0.5, 0.6) is 0 Å². The van der Waals surface area contributed by atoms with Gasteiger partial charge < -0.3 is 10.1 Å². The Morgan fingerprint density at radius 2 is 2.35 bits per heavy atom. The molecular weight excluding hydrogens is 218 g/mol. The third-order valence-corrected chi connectivity index (χ3v) is 2.80. The van der Waals surface area contributed by atoms with E-state index in [0.717, 1.165) is 22.5 Å².